The first-order valence-corrected chi connectivity index (χ1v) is 6.64. The van der Waals surface area contributed by atoms with E-state index in [1.807, 2.05) is 31.2 Å². The fourth-order valence-corrected chi connectivity index (χ4v) is 2.31. The Balaban J connectivity index is 2.48. The molecule has 0 aromatic heterocycles. The fraction of sp³-hybridized carbons (Fsp3) is 0.294. The van der Waals surface area contributed by atoms with Crippen LogP contribution in [0, 0.1) is 12.7 Å². The van der Waals surface area contributed by atoms with Crippen molar-refractivity contribution in [1.29, 1.82) is 0 Å². The third-order valence-corrected chi connectivity index (χ3v) is 3.28. The first-order chi connectivity index (χ1) is 9.65. The van der Waals surface area contributed by atoms with Gasteiger partial charge in [0.1, 0.15) is 5.82 Å². The summed E-state index contributed by atoms with van der Waals surface area (Å²) in [6.07, 6.45) is 0.591. The minimum absolute atomic E-state index is 0.102. The average Bonchev–Trinajstić information content (AvgIpc) is 2.41. The topological polar surface area (TPSA) is 29.5 Å². The van der Waals surface area contributed by atoms with Crippen molar-refractivity contribution >= 4 is 0 Å². The molecule has 1 N–H and O–H groups in total. The molecule has 3 heteroatoms. The normalized spacial score (nSPS) is 10.8. The number of halogens is 1. The van der Waals surface area contributed by atoms with Gasteiger partial charge in [-0.1, -0.05) is 30.3 Å². The molecule has 0 saturated heterocycles. The number of methoxy groups -OCH3 is 1. The third-order valence-electron chi connectivity index (χ3n) is 3.28. The van der Waals surface area contributed by atoms with Gasteiger partial charge in [-0.15, -0.1) is 0 Å². The van der Waals surface area contributed by atoms with Crippen molar-refractivity contribution in [3.8, 4) is 11.1 Å². The Bertz CT molecular complexity index is 594. The van der Waals surface area contributed by atoms with Crippen molar-refractivity contribution < 1.29 is 14.2 Å². The van der Waals surface area contributed by atoms with Crippen molar-refractivity contribution in [2.45, 2.75) is 20.0 Å². The number of aliphatic hydroxyl groups excluding tert-OH is 1. The number of aryl methyl sites for hydroxylation is 1. The Morgan fingerprint density at radius 3 is 2.50 bits per heavy atom. The Labute approximate surface area is 118 Å². The molecule has 2 aromatic carbocycles. The summed E-state index contributed by atoms with van der Waals surface area (Å²) in [5.41, 5.74) is 4.28. The zero-order chi connectivity index (χ0) is 14.5. The largest absolute Gasteiger partial charge is 0.396 e. The lowest BCUT2D eigenvalue weighted by atomic mass is 9.96. The molecule has 106 valence electrons. The van der Waals surface area contributed by atoms with Gasteiger partial charge < -0.3 is 9.84 Å². The van der Waals surface area contributed by atoms with E-state index in [4.69, 9.17) is 9.84 Å². The number of hydrogen-bond acceptors (Lipinski definition) is 2. The van der Waals surface area contributed by atoms with Crippen LogP contribution in [0.1, 0.15) is 16.7 Å². The van der Waals surface area contributed by atoms with E-state index in [0.29, 0.717) is 18.6 Å². The smallest absolute Gasteiger partial charge is 0.131 e. The Morgan fingerprint density at radius 2 is 1.85 bits per heavy atom. The predicted octanol–water partition coefficient (Wildman–Crippen LogP) is 3.48. The summed E-state index contributed by atoms with van der Waals surface area (Å²) in [7, 11) is 1.62. The molecule has 2 rings (SSSR count). The summed E-state index contributed by atoms with van der Waals surface area (Å²) in [5.74, 6) is -0.225. The Morgan fingerprint density at radius 1 is 1.10 bits per heavy atom. The molecular weight excluding hydrogens is 255 g/mol. The molecule has 0 spiro atoms. The van der Waals surface area contributed by atoms with Gasteiger partial charge in [0.2, 0.25) is 0 Å². The molecule has 0 saturated carbocycles. The fourth-order valence-electron chi connectivity index (χ4n) is 2.31. The van der Waals surface area contributed by atoms with Gasteiger partial charge in [0.15, 0.2) is 0 Å². The van der Waals surface area contributed by atoms with Crippen LogP contribution in [0.5, 0.6) is 0 Å². The van der Waals surface area contributed by atoms with Crippen LogP contribution < -0.4 is 0 Å². The first-order valence-electron chi connectivity index (χ1n) is 6.64. The van der Waals surface area contributed by atoms with E-state index in [0.717, 1.165) is 22.3 Å². The van der Waals surface area contributed by atoms with E-state index >= 15 is 0 Å². The van der Waals surface area contributed by atoms with Crippen molar-refractivity contribution in [1.82, 2.24) is 0 Å². The van der Waals surface area contributed by atoms with Gasteiger partial charge in [-0.05, 0) is 41.7 Å². The molecule has 0 aliphatic heterocycles. The second kappa shape index (κ2) is 6.64. The van der Waals surface area contributed by atoms with Crippen LogP contribution in [0.25, 0.3) is 11.1 Å². The zero-order valence-electron chi connectivity index (χ0n) is 11.8. The number of rotatable bonds is 5. The molecule has 2 nitrogen and oxygen atoms in total. The van der Waals surface area contributed by atoms with Crippen molar-refractivity contribution in [2.24, 2.45) is 0 Å². The Hall–Kier alpha value is -1.71. The lowest BCUT2D eigenvalue weighted by Crippen LogP contribution is -1.98. The van der Waals surface area contributed by atoms with Crippen LogP contribution in [0.4, 0.5) is 4.39 Å². The van der Waals surface area contributed by atoms with Crippen LogP contribution in [0.3, 0.4) is 0 Å². The van der Waals surface area contributed by atoms with Gasteiger partial charge in [0, 0.05) is 19.3 Å². The lowest BCUT2D eigenvalue weighted by molar-refractivity contribution is 0.185. The highest BCUT2D eigenvalue weighted by Gasteiger charge is 2.11. The van der Waals surface area contributed by atoms with Crippen molar-refractivity contribution in [2.75, 3.05) is 13.7 Å². The van der Waals surface area contributed by atoms with Crippen LogP contribution in [-0.4, -0.2) is 18.8 Å². The third kappa shape index (κ3) is 3.24. The molecular formula is C17H19FO2. The highest BCUT2D eigenvalue weighted by atomic mass is 19.1. The SMILES string of the molecule is COCc1cc(CCO)ccc1-c1ccc(C)cc1F. The van der Waals surface area contributed by atoms with E-state index < -0.39 is 0 Å². The number of benzene rings is 2. The summed E-state index contributed by atoms with van der Waals surface area (Å²) in [6.45, 7) is 2.39. The summed E-state index contributed by atoms with van der Waals surface area (Å²) in [4.78, 5) is 0. The quantitative estimate of drug-likeness (QED) is 0.904. The van der Waals surface area contributed by atoms with Gasteiger partial charge in [-0.2, -0.15) is 0 Å². The zero-order valence-corrected chi connectivity index (χ0v) is 11.8. The van der Waals surface area contributed by atoms with Crippen LogP contribution in [-0.2, 0) is 17.8 Å². The van der Waals surface area contributed by atoms with E-state index in [2.05, 4.69) is 0 Å². The summed E-state index contributed by atoms with van der Waals surface area (Å²) < 4.78 is 19.3. The van der Waals surface area contributed by atoms with Gasteiger partial charge in [-0.3, -0.25) is 0 Å². The van der Waals surface area contributed by atoms with E-state index in [-0.39, 0.29) is 12.4 Å². The summed E-state index contributed by atoms with van der Waals surface area (Å²) >= 11 is 0. The van der Waals surface area contributed by atoms with Crippen molar-refractivity contribution in [3.05, 3.63) is 58.9 Å². The minimum Gasteiger partial charge on any atom is -0.396 e. The minimum atomic E-state index is -0.225. The van der Waals surface area contributed by atoms with Crippen molar-refractivity contribution in [3.63, 3.8) is 0 Å². The second-order valence-corrected chi connectivity index (χ2v) is 4.88. The Kier molecular flexibility index (Phi) is 4.88. The van der Waals surface area contributed by atoms with Gasteiger partial charge >= 0.3 is 0 Å². The molecule has 0 aliphatic carbocycles. The molecule has 2 aromatic rings. The maximum atomic E-state index is 14.1. The molecule has 0 fully saturated rings. The predicted molar refractivity (Wildman–Crippen MR) is 78.1 cm³/mol. The molecule has 0 unspecified atom stereocenters. The number of ether oxygens (including phenoxy) is 1. The van der Waals surface area contributed by atoms with E-state index in [9.17, 15) is 4.39 Å². The maximum absolute atomic E-state index is 14.1. The molecule has 0 radical (unpaired) electrons. The highest BCUT2D eigenvalue weighted by molar-refractivity contribution is 5.68. The standard InChI is InChI=1S/C17H19FO2/c1-12-3-5-16(17(18)9-12)15-6-4-13(7-8-19)10-14(15)11-20-2/h3-6,9-10,19H,7-8,11H2,1-2H3. The number of aliphatic hydroxyl groups is 1. The molecule has 0 heterocycles. The summed E-state index contributed by atoms with van der Waals surface area (Å²) in [6, 6.07) is 11.0. The van der Waals surface area contributed by atoms with E-state index in [1.165, 1.54) is 6.07 Å². The van der Waals surface area contributed by atoms with Crippen LogP contribution in [0.15, 0.2) is 36.4 Å². The molecule has 20 heavy (non-hydrogen) atoms. The first kappa shape index (κ1) is 14.7. The van der Waals surface area contributed by atoms with Gasteiger partial charge in [0.25, 0.3) is 0 Å². The number of hydrogen-bond donors (Lipinski definition) is 1. The molecule has 0 bridgehead atoms. The van der Waals surface area contributed by atoms with Crippen LogP contribution in [0.2, 0.25) is 0 Å². The molecule has 0 amide bonds. The second-order valence-electron chi connectivity index (χ2n) is 4.88. The molecule has 0 aliphatic rings. The molecule has 0 atom stereocenters. The van der Waals surface area contributed by atoms with Gasteiger partial charge in [0.05, 0.1) is 6.61 Å². The van der Waals surface area contributed by atoms with Gasteiger partial charge in [-0.25, -0.2) is 4.39 Å². The average molecular weight is 274 g/mol. The van der Waals surface area contributed by atoms with Crippen LogP contribution >= 0.6 is 0 Å². The summed E-state index contributed by atoms with van der Waals surface area (Å²) in [5, 5.41) is 9.01. The monoisotopic (exact) mass is 274 g/mol. The highest BCUT2D eigenvalue weighted by Crippen LogP contribution is 2.28. The maximum Gasteiger partial charge on any atom is 0.131 e. The lowest BCUT2D eigenvalue weighted by Gasteiger charge is -2.12. The van der Waals surface area contributed by atoms with E-state index in [1.54, 1.807) is 13.2 Å².